The van der Waals surface area contributed by atoms with E-state index < -0.39 is 11.9 Å². The maximum Gasteiger partial charge on any atom is 0.138 e. The highest BCUT2D eigenvalue weighted by Gasteiger charge is 2.10. The van der Waals surface area contributed by atoms with Crippen LogP contribution in [-0.4, -0.2) is 34.5 Å². The van der Waals surface area contributed by atoms with E-state index in [-0.39, 0.29) is 18.0 Å². The van der Waals surface area contributed by atoms with Crippen molar-refractivity contribution in [1.29, 1.82) is 5.41 Å². The van der Waals surface area contributed by atoms with Crippen LogP contribution >= 0.6 is 11.8 Å². The van der Waals surface area contributed by atoms with Crippen LogP contribution in [0.2, 0.25) is 0 Å². The Morgan fingerprint density at radius 2 is 2.24 bits per heavy atom. The molecule has 94 valence electrons. The highest BCUT2D eigenvalue weighted by atomic mass is 32.2. The van der Waals surface area contributed by atoms with Gasteiger partial charge in [0.25, 0.3) is 0 Å². The van der Waals surface area contributed by atoms with Crippen LogP contribution in [0.4, 0.5) is 4.39 Å². The molecule has 0 heterocycles. The van der Waals surface area contributed by atoms with Crippen LogP contribution in [0.1, 0.15) is 11.1 Å². The summed E-state index contributed by atoms with van der Waals surface area (Å²) in [7, 11) is 0. The smallest absolute Gasteiger partial charge is 0.138 e. The first-order valence-corrected chi connectivity index (χ1v) is 6.20. The summed E-state index contributed by atoms with van der Waals surface area (Å²) in [5, 5.41) is 25.0. The molecule has 0 aromatic heterocycles. The molecule has 1 aromatic rings. The largest absolute Gasteiger partial charge is 0.394 e. The Labute approximate surface area is 103 Å². The first-order valence-electron chi connectivity index (χ1n) is 5.04. The summed E-state index contributed by atoms with van der Waals surface area (Å²) >= 11 is 1.31. The van der Waals surface area contributed by atoms with E-state index in [4.69, 9.17) is 21.4 Å². The second kappa shape index (κ2) is 6.58. The minimum atomic E-state index is -0.793. The van der Waals surface area contributed by atoms with E-state index in [9.17, 15) is 4.39 Å². The number of rotatable bonds is 6. The fourth-order valence-electron chi connectivity index (χ4n) is 1.26. The Kier molecular flexibility index (Phi) is 5.40. The lowest BCUT2D eigenvalue weighted by Crippen LogP contribution is -2.15. The van der Waals surface area contributed by atoms with Gasteiger partial charge in [0.15, 0.2) is 0 Å². The molecular formula is C11H15FN2O2S. The van der Waals surface area contributed by atoms with Gasteiger partial charge in [-0.2, -0.15) is 11.8 Å². The summed E-state index contributed by atoms with van der Waals surface area (Å²) in [5.74, 6) is -0.0970. The molecule has 0 aliphatic rings. The third kappa shape index (κ3) is 3.99. The fourth-order valence-corrected chi connectivity index (χ4v) is 2.20. The van der Waals surface area contributed by atoms with Crippen molar-refractivity contribution in [2.45, 2.75) is 11.9 Å². The van der Waals surface area contributed by atoms with Crippen LogP contribution in [0.25, 0.3) is 0 Å². The van der Waals surface area contributed by atoms with Crippen molar-refractivity contribution in [3.05, 3.63) is 35.1 Å². The van der Waals surface area contributed by atoms with E-state index in [0.29, 0.717) is 17.1 Å². The number of halogens is 1. The van der Waals surface area contributed by atoms with Gasteiger partial charge in [0.2, 0.25) is 0 Å². The second-order valence-electron chi connectivity index (χ2n) is 3.54. The predicted molar refractivity (Wildman–Crippen MR) is 66.7 cm³/mol. The number of aliphatic hydroxyl groups excluding tert-OH is 2. The number of nitrogen functional groups attached to an aromatic ring is 1. The molecule has 1 rings (SSSR count). The fraction of sp³-hybridized carbons (Fsp3) is 0.364. The van der Waals surface area contributed by atoms with Crippen LogP contribution in [0.3, 0.4) is 0 Å². The lowest BCUT2D eigenvalue weighted by atomic mass is 10.1. The topological polar surface area (TPSA) is 90.3 Å². The summed E-state index contributed by atoms with van der Waals surface area (Å²) in [6.45, 7) is -0.303. The minimum Gasteiger partial charge on any atom is -0.394 e. The zero-order valence-electron chi connectivity index (χ0n) is 9.19. The van der Waals surface area contributed by atoms with E-state index in [1.807, 2.05) is 0 Å². The van der Waals surface area contributed by atoms with Gasteiger partial charge in [-0.3, -0.25) is 5.41 Å². The van der Waals surface area contributed by atoms with Crippen molar-refractivity contribution in [3.8, 4) is 0 Å². The van der Waals surface area contributed by atoms with E-state index in [0.717, 1.165) is 0 Å². The van der Waals surface area contributed by atoms with Crippen LogP contribution in [0.15, 0.2) is 18.2 Å². The zero-order chi connectivity index (χ0) is 12.8. The number of nitrogens with two attached hydrogens (primary N) is 1. The molecule has 5 N–H and O–H groups in total. The van der Waals surface area contributed by atoms with Gasteiger partial charge in [0.1, 0.15) is 11.7 Å². The second-order valence-corrected chi connectivity index (χ2v) is 4.57. The molecule has 0 aliphatic carbocycles. The summed E-state index contributed by atoms with van der Waals surface area (Å²) < 4.78 is 13.8. The zero-order valence-corrected chi connectivity index (χ0v) is 10.0. The van der Waals surface area contributed by atoms with E-state index in [1.165, 1.54) is 17.8 Å². The Hall–Kier alpha value is -1.11. The van der Waals surface area contributed by atoms with Crippen molar-refractivity contribution in [2.75, 3.05) is 12.4 Å². The number of benzene rings is 1. The van der Waals surface area contributed by atoms with Gasteiger partial charge in [-0.25, -0.2) is 4.39 Å². The van der Waals surface area contributed by atoms with Crippen molar-refractivity contribution in [3.63, 3.8) is 0 Å². The average Bonchev–Trinajstić information content (AvgIpc) is 2.30. The van der Waals surface area contributed by atoms with Crippen molar-refractivity contribution >= 4 is 17.6 Å². The molecule has 1 aromatic carbocycles. The average molecular weight is 258 g/mol. The molecule has 1 atom stereocenters. The van der Waals surface area contributed by atoms with Crippen LogP contribution in [-0.2, 0) is 5.75 Å². The van der Waals surface area contributed by atoms with Gasteiger partial charge in [0.05, 0.1) is 18.3 Å². The van der Waals surface area contributed by atoms with Crippen LogP contribution in [0, 0.1) is 11.2 Å². The van der Waals surface area contributed by atoms with Crippen molar-refractivity contribution in [1.82, 2.24) is 0 Å². The number of aliphatic hydroxyl groups is 2. The molecule has 0 saturated carbocycles. The number of hydrogen-bond donors (Lipinski definition) is 4. The highest BCUT2D eigenvalue weighted by molar-refractivity contribution is 7.98. The predicted octanol–water partition coefficient (Wildman–Crippen LogP) is 0.696. The van der Waals surface area contributed by atoms with E-state index in [1.54, 1.807) is 12.1 Å². The molecule has 0 bridgehead atoms. The van der Waals surface area contributed by atoms with Gasteiger partial charge >= 0.3 is 0 Å². The quantitative estimate of drug-likeness (QED) is 0.446. The molecule has 0 radical (unpaired) electrons. The minimum absolute atomic E-state index is 0.0887. The normalized spacial score (nSPS) is 12.4. The Morgan fingerprint density at radius 3 is 2.82 bits per heavy atom. The molecule has 0 aliphatic heterocycles. The third-order valence-corrected chi connectivity index (χ3v) is 3.28. The summed E-state index contributed by atoms with van der Waals surface area (Å²) in [6, 6.07) is 4.70. The first-order chi connectivity index (χ1) is 8.06. The Balaban J connectivity index is 2.66. The molecule has 0 amide bonds. The van der Waals surface area contributed by atoms with Crippen molar-refractivity contribution in [2.24, 2.45) is 5.73 Å². The van der Waals surface area contributed by atoms with Gasteiger partial charge in [0, 0.05) is 11.5 Å². The highest BCUT2D eigenvalue weighted by Crippen LogP contribution is 2.19. The molecule has 6 heteroatoms. The summed E-state index contributed by atoms with van der Waals surface area (Å²) in [5.41, 5.74) is 5.77. The number of hydrogen-bond acceptors (Lipinski definition) is 4. The lowest BCUT2D eigenvalue weighted by Gasteiger charge is -2.09. The Morgan fingerprint density at radius 1 is 1.53 bits per heavy atom. The van der Waals surface area contributed by atoms with Crippen molar-refractivity contribution < 1.29 is 14.6 Å². The van der Waals surface area contributed by atoms with Gasteiger partial charge in [-0.15, -0.1) is 0 Å². The lowest BCUT2D eigenvalue weighted by molar-refractivity contribution is 0.113. The molecule has 0 saturated heterocycles. The first kappa shape index (κ1) is 14.0. The van der Waals surface area contributed by atoms with E-state index >= 15 is 0 Å². The van der Waals surface area contributed by atoms with Gasteiger partial charge in [-0.05, 0) is 11.6 Å². The number of thioether (sulfide) groups is 1. The van der Waals surface area contributed by atoms with E-state index in [2.05, 4.69) is 0 Å². The summed E-state index contributed by atoms with van der Waals surface area (Å²) in [4.78, 5) is 0. The number of nitrogens with one attached hydrogen (secondary N) is 1. The van der Waals surface area contributed by atoms with Crippen LogP contribution in [0.5, 0.6) is 0 Å². The molecule has 0 spiro atoms. The van der Waals surface area contributed by atoms with Gasteiger partial charge in [-0.1, -0.05) is 12.1 Å². The maximum absolute atomic E-state index is 13.8. The maximum atomic E-state index is 13.8. The molecule has 0 fully saturated rings. The molecule has 17 heavy (non-hydrogen) atoms. The number of amidine groups is 1. The molecule has 4 nitrogen and oxygen atoms in total. The SMILES string of the molecule is N=C(N)c1cccc(CSCC(O)CO)c1F. The van der Waals surface area contributed by atoms with Crippen LogP contribution < -0.4 is 5.73 Å². The third-order valence-electron chi connectivity index (χ3n) is 2.15. The molecular weight excluding hydrogens is 243 g/mol. The molecule has 1 unspecified atom stereocenters. The van der Waals surface area contributed by atoms with Gasteiger partial charge < -0.3 is 15.9 Å². The monoisotopic (exact) mass is 258 g/mol. The summed E-state index contributed by atoms with van der Waals surface area (Å²) in [6.07, 6.45) is -0.793. The Bertz CT molecular complexity index is 401. The standard InChI is InChI=1S/C11H15FN2O2S/c12-10-7(5-17-6-8(16)4-15)2-1-3-9(10)11(13)14/h1-3,8,15-16H,4-6H2,(H3,13,14).